The number of benzene rings is 1. The molecule has 0 unspecified atom stereocenters. The molecule has 0 spiro atoms. The molecule has 0 saturated carbocycles. The molecule has 4 rings (SSSR count). The fraction of sp³-hybridized carbons (Fsp3) is 0.368. The Morgan fingerprint density at radius 2 is 2.28 bits per heavy atom. The van der Waals surface area contributed by atoms with E-state index in [-0.39, 0.29) is 11.9 Å². The smallest absolute Gasteiger partial charge is 0.226 e. The van der Waals surface area contributed by atoms with Gasteiger partial charge in [0.05, 0.1) is 0 Å². The number of hydrogen-bond donors (Lipinski definition) is 2. The van der Waals surface area contributed by atoms with Crippen LogP contribution in [0.15, 0.2) is 34.9 Å². The molecule has 1 amide bonds. The number of aromatic nitrogens is 2. The van der Waals surface area contributed by atoms with E-state index in [2.05, 4.69) is 51.5 Å². The summed E-state index contributed by atoms with van der Waals surface area (Å²) in [5.41, 5.74) is 3.89. The van der Waals surface area contributed by atoms with Crippen molar-refractivity contribution in [2.75, 3.05) is 18.4 Å². The van der Waals surface area contributed by atoms with E-state index in [0.29, 0.717) is 18.0 Å². The van der Waals surface area contributed by atoms with Crippen molar-refractivity contribution in [3.63, 3.8) is 0 Å². The number of amides is 1. The highest BCUT2D eigenvalue weighted by molar-refractivity contribution is 5.89. The molecule has 25 heavy (non-hydrogen) atoms. The van der Waals surface area contributed by atoms with Crippen LogP contribution < -0.4 is 5.32 Å². The third-order valence-corrected chi connectivity index (χ3v) is 4.98. The number of para-hydroxylation sites is 1. The molecule has 6 heteroatoms. The van der Waals surface area contributed by atoms with Crippen LogP contribution in [0.25, 0.3) is 10.9 Å². The van der Waals surface area contributed by atoms with Crippen LogP contribution in [-0.2, 0) is 11.2 Å². The zero-order valence-corrected chi connectivity index (χ0v) is 14.5. The minimum atomic E-state index is -0.0389. The molecule has 2 N–H and O–H groups in total. The van der Waals surface area contributed by atoms with Crippen molar-refractivity contribution in [1.82, 2.24) is 15.0 Å². The lowest BCUT2D eigenvalue weighted by Crippen LogP contribution is -2.36. The van der Waals surface area contributed by atoms with Crippen molar-refractivity contribution in [1.29, 1.82) is 0 Å². The first-order valence-corrected chi connectivity index (χ1v) is 8.68. The van der Waals surface area contributed by atoms with E-state index < -0.39 is 0 Å². The second kappa shape index (κ2) is 6.37. The lowest BCUT2D eigenvalue weighted by molar-refractivity contribution is -0.116. The summed E-state index contributed by atoms with van der Waals surface area (Å²) in [7, 11) is 0. The van der Waals surface area contributed by atoms with Crippen molar-refractivity contribution in [2.24, 2.45) is 0 Å². The van der Waals surface area contributed by atoms with Crippen molar-refractivity contribution in [3.05, 3.63) is 47.3 Å². The lowest BCUT2D eigenvalue weighted by atomic mass is 9.98. The molecule has 1 aliphatic rings. The maximum atomic E-state index is 12.1. The van der Waals surface area contributed by atoms with Crippen LogP contribution >= 0.6 is 0 Å². The average Bonchev–Trinajstić information content (AvgIpc) is 3.18. The van der Waals surface area contributed by atoms with E-state index in [9.17, 15) is 4.79 Å². The van der Waals surface area contributed by atoms with Gasteiger partial charge in [-0.05, 0) is 31.9 Å². The summed E-state index contributed by atoms with van der Waals surface area (Å²) in [4.78, 5) is 18.0. The van der Waals surface area contributed by atoms with E-state index in [1.807, 2.05) is 0 Å². The number of nitrogens with zero attached hydrogens (tertiary/aromatic N) is 2. The molecule has 0 saturated heterocycles. The molecule has 3 heterocycles. The number of aromatic amines is 1. The molecule has 0 fully saturated rings. The number of carbonyl (C=O) groups excluding carboxylic acids is 1. The SMILES string of the molecule is Cc1cc(NC(=O)CCN2CCc3c([nH]c4ccccc34)[C@H]2C)no1. The van der Waals surface area contributed by atoms with Crippen molar-refractivity contribution in [3.8, 4) is 0 Å². The van der Waals surface area contributed by atoms with Crippen molar-refractivity contribution in [2.45, 2.75) is 32.7 Å². The van der Waals surface area contributed by atoms with Crippen molar-refractivity contribution < 1.29 is 9.32 Å². The summed E-state index contributed by atoms with van der Waals surface area (Å²) in [6.07, 6.45) is 1.44. The fourth-order valence-corrected chi connectivity index (χ4v) is 3.66. The Morgan fingerprint density at radius 1 is 1.44 bits per heavy atom. The molecule has 1 atom stereocenters. The zero-order chi connectivity index (χ0) is 17.4. The van der Waals surface area contributed by atoms with E-state index in [1.54, 1.807) is 13.0 Å². The first-order chi connectivity index (χ1) is 12.1. The van der Waals surface area contributed by atoms with Gasteiger partial charge in [0.25, 0.3) is 0 Å². The summed E-state index contributed by atoms with van der Waals surface area (Å²) >= 11 is 0. The number of hydrogen-bond acceptors (Lipinski definition) is 4. The van der Waals surface area contributed by atoms with Crippen LogP contribution in [0, 0.1) is 6.92 Å². The standard InChI is InChI=1S/C19H22N4O2/c1-12-11-17(22-25-12)21-18(24)8-10-23-9-7-15-14-5-3-4-6-16(14)20-19(15)13(23)2/h3-6,11,13,20H,7-10H2,1-2H3,(H,21,22,24)/t13-/m1/s1. The van der Waals surface area contributed by atoms with Crippen LogP contribution in [0.1, 0.15) is 36.4 Å². The quantitative estimate of drug-likeness (QED) is 0.764. The van der Waals surface area contributed by atoms with Gasteiger partial charge in [-0.2, -0.15) is 0 Å². The van der Waals surface area contributed by atoms with Gasteiger partial charge in [0.1, 0.15) is 5.76 Å². The third-order valence-electron chi connectivity index (χ3n) is 4.98. The highest BCUT2D eigenvalue weighted by Crippen LogP contribution is 2.34. The van der Waals surface area contributed by atoms with Gasteiger partial charge in [-0.15, -0.1) is 0 Å². The molecular formula is C19H22N4O2. The van der Waals surface area contributed by atoms with E-state index in [0.717, 1.165) is 19.5 Å². The van der Waals surface area contributed by atoms with Crippen LogP contribution in [0.4, 0.5) is 5.82 Å². The van der Waals surface area contributed by atoms with E-state index in [1.165, 1.54) is 22.2 Å². The Kier molecular flexibility index (Phi) is 4.05. The number of rotatable bonds is 4. The topological polar surface area (TPSA) is 74.2 Å². The van der Waals surface area contributed by atoms with Gasteiger partial charge in [0.2, 0.25) is 5.91 Å². The highest BCUT2D eigenvalue weighted by Gasteiger charge is 2.27. The van der Waals surface area contributed by atoms with Gasteiger partial charge in [0.15, 0.2) is 5.82 Å². The number of anilines is 1. The molecule has 0 bridgehead atoms. The second-order valence-electron chi connectivity index (χ2n) is 6.65. The van der Waals surface area contributed by atoms with Crippen LogP contribution in [0.3, 0.4) is 0 Å². The average molecular weight is 338 g/mol. The van der Waals surface area contributed by atoms with Crippen molar-refractivity contribution >= 4 is 22.6 Å². The summed E-state index contributed by atoms with van der Waals surface area (Å²) < 4.78 is 4.97. The Balaban J connectivity index is 1.41. The molecule has 130 valence electrons. The molecule has 3 aromatic rings. The first kappa shape index (κ1) is 15.9. The largest absolute Gasteiger partial charge is 0.360 e. The summed E-state index contributed by atoms with van der Waals surface area (Å²) in [6.45, 7) is 5.69. The first-order valence-electron chi connectivity index (χ1n) is 8.68. The van der Waals surface area contributed by atoms with Crippen LogP contribution in [-0.4, -0.2) is 34.0 Å². The number of carbonyl (C=O) groups is 1. The molecule has 2 aromatic heterocycles. The molecular weight excluding hydrogens is 316 g/mol. The van der Waals surface area contributed by atoms with Gasteiger partial charge >= 0.3 is 0 Å². The Labute approximate surface area is 146 Å². The van der Waals surface area contributed by atoms with Crippen LogP contribution in [0.5, 0.6) is 0 Å². The number of H-pyrrole nitrogens is 1. The van der Waals surface area contributed by atoms with E-state index >= 15 is 0 Å². The van der Waals surface area contributed by atoms with Gasteiger partial charge < -0.3 is 14.8 Å². The monoisotopic (exact) mass is 338 g/mol. The molecule has 0 aliphatic carbocycles. The van der Waals surface area contributed by atoms with Crippen LogP contribution in [0.2, 0.25) is 0 Å². The summed E-state index contributed by atoms with van der Waals surface area (Å²) in [5, 5.41) is 7.90. The fourth-order valence-electron chi connectivity index (χ4n) is 3.66. The second-order valence-corrected chi connectivity index (χ2v) is 6.65. The lowest BCUT2D eigenvalue weighted by Gasteiger charge is -2.33. The number of nitrogens with one attached hydrogen (secondary N) is 2. The number of fused-ring (bicyclic) bond motifs is 3. The molecule has 0 radical (unpaired) electrons. The minimum absolute atomic E-state index is 0.0389. The predicted octanol–water partition coefficient (Wildman–Crippen LogP) is 3.41. The van der Waals surface area contributed by atoms with Gasteiger partial charge in [0, 0.05) is 48.2 Å². The van der Waals surface area contributed by atoms with Gasteiger partial charge in [-0.3, -0.25) is 9.69 Å². The summed E-state index contributed by atoms with van der Waals surface area (Å²) in [5.74, 6) is 1.13. The normalized spacial score (nSPS) is 17.6. The third kappa shape index (κ3) is 3.05. The Morgan fingerprint density at radius 3 is 3.08 bits per heavy atom. The zero-order valence-electron chi connectivity index (χ0n) is 14.5. The molecule has 1 aromatic carbocycles. The number of aryl methyl sites for hydroxylation is 1. The minimum Gasteiger partial charge on any atom is -0.360 e. The Bertz CT molecular complexity index is 911. The van der Waals surface area contributed by atoms with E-state index in [4.69, 9.17) is 4.52 Å². The maximum absolute atomic E-state index is 12.1. The maximum Gasteiger partial charge on any atom is 0.226 e. The van der Waals surface area contributed by atoms with Gasteiger partial charge in [-0.25, -0.2) is 0 Å². The molecule has 6 nitrogen and oxygen atoms in total. The predicted molar refractivity (Wildman–Crippen MR) is 96.5 cm³/mol. The summed E-state index contributed by atoms with van der Waals surface area (Å²) in [6, 6.07) is 10.4. The highest BCUT2D eigenvalue weighted by atomic mass is 16.5. The Hall–Kier alpha value is -2.60. The molecule has 1 aliphatic heterocycles. The van der Waals surface area contributed by atoms with Gasteiger partial charge in [-0.1, -0.05) is 23.4 Å².